The lowest BCUT2D eigenvalue weighted by Crippen LogP contribution is -2.40. The Labute approximate surface area is 115 Å². The third-order valence-electron chi connectivity index (χ3n) is 1.89. The van der Waals surface area contributed by atoms with Gasteiger partial charge in [-0.05, 0) is 39.3 Å². The van der Waals surface area contributed by atoms with E-state index in [2.05, 4.69) is 15.4 Å². The van der Waals surface area contributed by atoms with Gasteiger partial charge in [0.2, 0.25) is 5.28 Å². The van der Waals surface area contributed by atoms with E-state index in [-0.39, 0.29) is 17.6 Å². The van der Waals surface area contributed by atoms with Crippen LogP contribution >= 0.6 is 11.6 Å². The van der Waals surface area contributed by atoms with Crippen molar-refractivity contribution in [3.05, 3.63) is 17.3 Å². The highest BCUT2D eigenvalue weighted by Gasteiger charge is 2.22. The van der Waals surface area contributed by atoms with E-state index in [1.807, 2.05) is 0 Å². The predicted octanol–water partition coefficient (Wildman–Crippen LogP) is 2.85. The molecular weight excluding hydrogens is 275 g/mol. The Morgan fingerprint density at radius 1 is 1.58 bits per heavy atom. The molecule has 0 bridgehead atoms. The molecule has 0 aliphatic rings. The second-order valence-electron chi connectivity index (χ2n) is 4.67. The van der Waals surface area contributed by atoms with Crippen LogP contribution in [0.1, 0.15) is 27.7 Å². The van der Waals surface area contributed by atoms with Gasteiger partial charge in [0.1, 0.15) is 5.60 Å². The number of anilines is 1. The Hall–Kier alpha value is -1.63. The first-order chi connectivity index (χ1) is 8.73. The third-order valence-corrected chi connectivity index (χ3v) is 2.07. The van der Waals surface area contributed by atoms with Gasteiger partial charge < -0.3 is 4.74 Å². The summed E-state index contributed by atoms with van der Waals surface area (Å²) in [5.74, 6) is -0.904. The number of carbonyl (C=O) groups is 1. The van der Waals surface area contributed by atoms with Gasteiger partial charge >= 0.3 is 6.09 Å². The fourth-order valence-electron chi connectivity index (χ4n) is 1.12. The van der Waals surface area contributed by atoms with Gasteiger partial charge in [-0.2, -0.15) is 4.98 Å². The van der Waals surface area contributed by atoms with Crippen molar-refractivity contribution < 1.29 is 13.9 Å². The fraction of sp³-hybridized carbons (Fsp3) is 0.545. The zero-order valence-corrected chi connectivity index (χ0v) is 12.0. The Balaban J connectivity index is 2.82. The summed E-state index contributed by atoms with van der Waals surface area (Å²) in [6, 6.07) is 0. The highest BCUT2D eigenvalue weighted by atomic mass is 35.5. The van der Waals surface area contributed by atoms with E-state index in [0.717, 1.165) is 11.2 Å². The average molecular weight is 291 g/mol. The number of carbonyl (C=O) groups excluding carboxylic acids is 1. The van der Waals surface area contributed by atoms with Crippen molar-refractivity contribution in [3.8, 4) is 0 Å². The molecule has 1 aromatic heterocycles. The molecule has 0 spiro atoms. The van der Waals surface area contributed by atoms with Gasteiger partial charge in [-0.25, -0.2) is 19.2 Å². The maximum atomic E-state index is 13.4. The number of ether oxygens (including phenoxy) is 1. The molecule has 6 nitrogen and oxygen atoms in total. The Bertz CT molecular complexity index is 464. The van der Waals surface area contributed by atoms with Gasteiger partial charge in [0, 0.05) is 6.54 Å². The van der Waals surface area contributed by atoms with Crippen molar-refractivity contribution in [2.75, 3.05) is 12.0 Å². The molecule has 106 valence electrons. The zero-order valence-electron chi connectivity index (χ0n) is 11.2. The second kappa shape index (κ2) is 6.01. The molecule has 1 amide bonds. The molecule has 19 heavy (non-hydrogen) atoms. The lowest BCUT2D eigenvalue weighted by atomic mass is 10.2. The summed E-state index contributed by atoms with van der Waals surface area (Å²) >= 11 is 5.57. The second-order valence-corrected chi connectivity index (χ2v) is 5.01. The van der Waals surface area contributed by atoms with Gasteiger partial charge in [-0.1, -0.05) is 0 Å². The summed E-state index contributed by atoms with van der Waals surface area (Å²) in [4.78, 5) is 19.0. The number of aromatic nitrogens is 2. The first-order valence-electron chi connectivity index (χ1n) is 5.68. The maximum absolute atomic E-state index is 13.4. The van der Waals surface area contributed by atoms with Crippen molar-refractivity contribution in [2.24, 2.45) is 0 Å². The van der Waals surface area contributed by atoms with E-state index in [0.29, 0.717) is 0 Å². The van der Waals surface area contributed by atoms with E-state index >= 15 is 0 Å². The predicted molar refractivity (Wildman–Crippen MR) is 69.2 cm³/mol. The number of halogens is 2. The highest BCUT2D eigenvalue weighted by Crippen LogP contribution is 2.15. The lowest BCUT2D eigenvalue weighted by molar-refractivity contribution is 0.0304. The first kappa shape index (κ1) is 15.4. The van der Waals surface area contributed by atoms with Crippen LogP contribution in [0.2, 0.25) is 5.28 Å². The van der Waals surface area contributed by atoms with E-state index < -0.39 is 17.5 Å². The van der Waals surface area contributed by atoms with Crippen molar-refractivity contribution in [3.63, 3.8) is 0 Å². The van der Waals surface area contributed by atoms with Gasteiger partial charge in [0.05, 0.1) is 6.20 Å². The summed E-state index contributed by atoms with van der Waals surface area (Å²) < 4.78 is 18.6. The third kappa shape index (κ3) is 4.86. The van der Waals surface area contributed by atoms with Gasteiger partial charge in [-0.3, -0.25) is 5.43 Å². The number of hydrazine groups is 1. The molecule has 0 aliphatic heterocycles. The first-order valence-corrected chi connectivity index (χ1v) is 6.06. The number of nitrogens with one attached hydrogen (secondary N) is 1. The molecule has 0 fully saturated rings. The lowest BCUT2D eigenvalue weighted by Gasteiger charge is -2.27. The summed E-state index contributed by atoms with van der Waals surface area (Å²) in [7, 11) is 0. The van der Waals surface area contributed by atoms with E-state index in [9.17, 15) is 9.18 Å². The van der Waals surface area contributed by atoms with Crippen LogP contribution in [-0.4, -0.2) is 33.2 Å². The molecule has 0 saturated heterocycles. The summed E-state index contributed by atoms with van der Waals surface area (Å²) in [5, 5.41) is 0.969. The number of nitrogens with zero attached hydrogens (tertiary/aromatic N) is 3. The van der Waals surface area contributed by atoms with Crippen molar-refractivity contribution in [1.29, 1.82) is 0 Å². The van der Waals surface area contributed by atoms with Crippen LogP contribution in [0.25, 0.3) is 0 Å². The Kier molecular flexibility index (Phi) is 4.88. The summed E-state index contributed by atoms with van der Waals surface area (Å²) in [5.41, 5.74) is 1.86. The van der Waals surface area contributed by atoms with Gasteiger partial charge in [0.25, 0.3) is 0 Å². The molecule has 0 unspecified atom stereocenters. The van der Waals surface area contributed by atoms with Gasteiger partial charge in [0.15, 0.2) is 11.6 Å². The molecule has 1 heterocycles. The van der Waals surface area contributed by atoms with Crippen LogP contribution in [0.4, 0.5) is 15.0 Å². The molecule has 1 rings (SSSR count). The molecule has 0 atom stereocenters. The van der Waals surface area contributed by atoms with Crippen LogP contribution in [-0.2, 0) is 4.74 Å². The molecule has 1 N–H and O–H groups in total. The van der Waals surface area contributed by atoms with Crippen LogP contribution in [0.5, 0.6) is 0 Å². The largest absolute Gasteiger partial charge is 0.442 e. The van der Waals surface area contributed by atoms with Crippen molar-refractivity contribution >= 4 is 23.5 Å². The van der Waals surface area contributed by atoms with Crippen molar-refractivity contribution in [2.45, 2.75) is 33.3 Å². The number of hydrogen-bond acceptors (Lipinski definition) is 5. The van der Waals surface area contributed by atoms with Crippen molar-refractivity contribution in [1.82, 2.24) is 15.0 Å². The maximum Gasteiger partial charge on any atom is 0.429 e. The zero-order chi connectivity index (χ0) is 14.6. The molecular formula is C11H16ClFN4O2. The van der Waals surface area contributed by atoms with Crippen LogP contribution in [0.3, 0.4) is 0 Å². The smallest absolute Gasteiger partial charge is 0.429 e. The minimum absolute atomic E-state index is 0.121. The molecule has 0 aromatic carbocycles. The summed E-state index contributed by atoms with van der Waals surface area (Å²) in [6.07, 6.45) is 0.282. The van der Waals surface area contributed by atoms with E-state index in [1.54, 1.807) is 27.7 Å². The fourth-order valence-corrected chi connectivity index (χ4v) is 1.26. The minimum Gasteiger partial charge on any atom is -0.442 e. The number of hydrogen-bond donors (Lipinski definition) is 1. The van der Waals surface area contributed by atoms with E-state index in [4.69, 9.17) is 16.3 Å². The normalized spacial score (nSPS) is 11.1. The van der Waals surface area contributed by atoms with Gasteiger partial charge in [-0.15, -0.1) is 0 Å². The van der Waals surface area contributed by atoms with Crippen LogP contribution in [0.15, 0.2) is 6.20 Å². The number of amides is 1. The number of rotatable bonds is 3. The minimum atomic E-state index is -0.716. The van der Waals surface area contributed by atoms with Crippen LogP contribution in [0, 0.1) is 5.82 Å². The average Bonchev–Trinajstić information content (AvgIpc) is 2.27. The Morgan fingerprint density at radius 3 is 2.74 bits per heavy atom. The molecule has 0 radical (unpaired) electrons. The quantitative estimate of drug-likeness (QED) is 0.685. The molecule has 8 heteroatoms. The van der Waals surface area contributed by atoms with E-state index in [1.165, 1.54) is 0 Å². The monoisotopic (exact) mass is 290 g/mol. The molecule has 0 aliphatic carbocycles. The summed E-state index contributed by atoms with van der Waals surface area (Å²) in [6.45, 7) is 7.18. The molecule has 0 saturated carbocycles. The highest BCUT2D eigenvalue weighted by molar-refractivity contribution is 6.28. The topological polar surface area (TPSA) is 67.3 Å². The molecule has 1 aromatic rings. The Morgan fingerprint density at radius 2 is 2.21 bits per heavy atom. The SMILES string of the molecule is CCN(Nc1nc(Cl)ncc1F)C(=O)OC(C)(C)C. The standard InChI is InChI=1S/C11H16ClFN4O2/c1-5-17(10(18)19-11(2,3)4)16-8-7(13)6-14-9(12)15-8/h6H,5H2,1-4H3,(H,14,15,16). The van der Waals surface area contributed by atoms with Crippen LogP contribution < -0.4 is 5.43 Å².